The molecule has 2 saturated heterocycles. The van der Waals surface area contributed by atoms with Crippen molar-refractivity contribution in [3.05, 3.63) is 146 Å². The summed E-state index contributed by atoms with van der Waals surface area (Å²) in [5.74, 6) is -1.74. The summed E-state index contributed by atoms with van der Waals surface area (Å²) in [6, 6.07) is 32.2. The highest BCUT2D eigenvalue weighted by atomic mass is 35.5. The van der Waals surface area contributed by atoms with Crippen molar-refractivity contribution >= 4 is 69.5 Å². The molecule has 6 rings (SSSR count). The maximum atomic E-state index is 13.4. The lowest BCUT2D eigenvalue weighted by Gasteiger charge is -2.38. The van der Waals surface area contributed by atoms with Gasteiger partial charge in [0.1, 0.15) is 0 Å². The molecule has 4 aromatic carbocycles. The van der Waals surface area contributed by atoms with E-state index in [0.717, 1.165) is 50.2 Å². The lowest BCUT2D eigenvalue weighted by atomic mass is 9.89. The number of carbonyl (C=O) groups excluding carboxylic acids is 4. The molecule has 0 saturated carbocycles. The van der Waals surface area contributed by atoms with Crippen LogP contribution in [0.3, 0.4) is 0 Å². The van der Waals surface area contributed by atoms with E-state index in [1.807, 2.05) is 12.1 Å². The van der Waals surface area contributed by atoms with Crippen LogP contribution in [0.1, 0.15) is 57.1 Å². The average Bonchev–Trinajstić information content (AvgIpc) is 3.46. The molecule has 1 N–H and O–H groups in total. The van der Waals surface area contributed by atoms with Gasteiger partial charge in [-0.25, -0.2) is 4.79 Å². The SMILES string of the molecule is COC(=O)C=C1SC(=NC(=O)c2ccc(Cl)cc2Cl)N(c2ccc(C(=O)NCCC3CCN(C(c4ccccc4)c4ccccc4)CC3)cc2)C1=O. The van der Waals surface area contributed by atoms with Gasteiger partial charge in [-0.1, -0.05) is 83.9 Å². The number of nitrogens with one attached hydrogen (secondary N) is 1. The molecule has 0 aromatic heterocycles. The van der Waals surface area contributed by atoms with Crippen LogP contribution in [0.25, 0.3) is 0 Å². The predicted octanol–water partition coefficient (Wildman–Crippen LogP) is 7.95. The van der Waals surface area contributed by atoms with Crippen LogP contribution in [-0.2, 0) is 14.3 Å². The summed E-state index contributed by atoms with van der Waals surface area (Å²) >= 11 is 13.0. The number of benzene rings is 4. The number of nitrogens with zero attached hydrogens (tertiary/aromatic N) is 3. The molecule has 2 aliphatic heterocycles. The van der Waals surface area contributed by atoms with Gasteiger partial charge in [-0.15, -0.1) is 0 Å². The quantitative estimate of drug-likeness (QED) is 0.129. The van der Waals surface area contributed by atoms with Gasteiger partial charge in [-0.05, 0) is 104 Å². The molecule has 4 aromatic rings. The van der Waals surface area contributed by atoms with Crippen molar-refractivity contribution in [2.75, 3.05) is 31.6 Å². The number of rotatable bonds is 10. The van der Waals surface area contributed by atoms with E-state index in [1.165, 1.54) is 41.3 Å². The third kappa shape index (κ3) is 8.82. The number of esters is 1. The number of halogens is 2. The molecule has 12 heteroatoms. The normalized spacial score (nSPS) is 16.8. The van der Waals surface area contributed by atoms with Crippen LogP contribution in [0, 0.1) is 5.92 Å². The Morgan fingerprint density at radius 2 is 1.56 bits per heavy atom. The van der Waals surface area contributed by atoms with E-state index in [4.69, 9.17) is 27.9 Å². The molecule has 0 radical (unpaired) electrons. The van der Waals surface area contributed by atoms with Gasteiger partial charge in [0.05, 0.1) is 34.3 Å². The zero-order chi connectivity index (χ0) is 36.6. The molecule has 0 unspecified atom stereocenters. The number of aliphatic imine (C=N–C) groups is 1. The highest BCUT2D eigenvalue weighted by molar-refractivity contribution is 8.19. The van der Waals surface area contributed by atoms with E-state index in [9.17, 15) is 19.2 Å². The molecular weight excluding hydrogens is 719 g/mol. The highest BCUT2D eigenvalue weighted by Crippen LogP contribution is 2.36. The van der Waals surface area contributed by atoms with Gasteiger partial charge in [-0.3, -0.25) is 24.2 Å². The van der Waals surface area contributed by atoms with Gasteiger partial charge in [-0.2, -0.15) is 4.99 Å². The van der Waals surface area contributed by atoms with E-state index in [1.54, 1.807) is 24.3 Å². The van der Waals surface area contributed by atoms with Crippen molar-refractivity contribution in [2.45, 2.75) is 25.3 Å². The Hall–Kier alpha value is -4.74. The highest BCUT2D eigenvalue weighted by Gasteiger charge is 2.36. The van der Waals surface area contributed by atoms with Crippen molar-refractivity contribution in [3.63, 3.8) is 0 Å². The summed E-state index contributed by atoms with van der Waals surface area (Å²) < 4.78 is 4.69. The largest absolute Gasteiger partial charge is 0.466 e. The summed E-state index contributed by atoms with van der Waals surface area (Å²) in [6.07, 6.45) is 4.01. The summed E-state index contributed by atoms with van der Waals surface area (Å²) in [7, 11) is 1.20. The minimum Gasteiger partial charge on any atom is -0.466 e. The first-order valence-electron chi connectivity index (χ1n) is 16.8. The molecule has 2 aliphatic rings. The number of anilines is 1. The molecule has 0 aliphatic carbocycles. The number of ether oxygens (including phenoxy) is 1. The van der Waals surface area contributed by atoms with Gasteiger partial charge in [0.25, 0.3) is 17.7 Å². The molecule has 2 heterocycles. The number of likely N-dealkylation sites (tertiary alicyclic amines) is 1. The fourth-order valence-electron chi connectivity index (χ4n) is 6.39. The van der Waals surface area contributed by atoms with Crippen LogP contribution in [0.2, 0.25) is 10.0 Å². The fraction of sp³-hybridized carbons (Fsp3) is 0.225. The summed E-state index contributed by atoms with van der Waals surface area (Å²) in [4.78, 5) is 59.5. The van der Waals surface area contributed by atoms with Crippen molar-refractivity contribution in [3.8, 4) is 0 Å². The Morgan fingerprint density at radius 3 is 2.15 bits per heavy atom. The first-order valence-corrected chi connectivity index (χ1v) is 18.4. The van der Waals surface area contributed by atoms with Crippen LogP contribution < -0.4 is 10.2 Å². The van der Waals surface area contributed by atoms with Crippen LogP contribution in [0.4, 0.5) is 5.69 Å². The Kier molecular flexibility index (Phi) is 12.2. The lowest BCUT2D eigenvalue weighted by molar-refractivity contribution is -0.135. The van der Waals surface area contributed by atoms with Gasteiger partial charge in [0, 0.05) is 23.2 Å². The second-order valence-corrected chi connectivity index (χ2v) is 14.2. The van der Waals surface area contributed by atoms with E-state index in [-0.39, 0.29) is 32.6 Å². The Labute approximate surface area is 316 Å². The molecule has 9 nitrogen and oxygen atoms in total. The van der Waals surface area contributed by atoms with Crippen LogP contribution in [0.5, 0.6) is 0 Å². The smallest absolute Gasteiger partial charge is 0.331 e. The monoisotopic (exact) mass is 754 g/mol. The minimum atomic E-state index is -0.731. The fourth-order valence-corrected chi connectivity index (χ4v) is 7.82. The zero-order valence-corrected chi connectivity index (χ0v) is 30.7. The first-order chi connectivity index (χ1) is 25.2. The average molecular weight is 756 g/mol. The van der Waals surface area contributed by atoms with Crippen molar-refractivity contribution in [2.24, 2.45) is 10.9 Å². The van der Waals surface area contributed by atoms with Gasteiger partial charge in [0.2, 0.25) is 0 Å². The number of hydrogen-bond acceptors (Lipinski definition) is 7. The van der Waals surface area contributed by atoms with E-state index in [2.05, 4.69) is 63.7 Å². The van der Waals surface area contributed by atoms with Crippen LogP contribution in [0.15, 0.2) is 119 Å². The summed E-state index contributed by atoms with van der Waals surface area (Å²) in [5.41, 5.74) is 3.44. The number of carbonyl (C=O) groups is 4. The molecule has 266 valence electrons. The maximum Gasteiger partial charge on any atom is 0.331 e. The van der Waals surface area contributed by atoms with Crippen molar-refractivity contribution < 1.29 is 23.9 Å². The van der Waals surface area contributed by atoms with Crippen LogP contribution in [-0.4, -0.2) is 60.5 Å². The van der Waals surface area contributed by atoms with E-state index < -0.39 is 17.8 Å². The molecule has 0 bridgehead atoms. The Morgan fingerprint density at radius 1 is 0.923 bits per heavy atom. The van der Waals surface area contributed by atoms with Gasteiger partial charge in [0.15, 0.2) is 5.17 Å². The third-order valence-electron chi connectivity index (χ3n) is 9.09. The predicted molar refractivity (Wildman–Crippen MR) is 206 cm³/mol. The number of amidine groups is 1. The first kappa shape index (κ1) is 37.0. The van der Waals surface area contributed by atoms with Gasteiger partial charge < -0.3 is 10.1 Å². The summed E-state index contributed by atoms with van der Waals surface area (Å²) in [6.45, 7) is 2.49. The molecular formula is C40H36Cl2N4O5S. The molecule has 2 fully saturated rings. The maximum absolute atomic E-state index is 13.4. The van der Waals surface area contributed by atoms with E-state index >= 15 is 0 Å². The minimum absolute atomic E-state index is 0.0123. The number of piperidine rings is 1. The summed E-state index contributed by atoms with van der Waals surface area (Å²) in [5, 5.41) is 3.51. The number of amides is 3. The standard InChI is InChI=1S/C40H36Cl2N4O5S/c1-51-35(47)25-34-39(50)46(40(52-34)44-38(49)32-17-14-30(41)24-33(32)42)31-15-12-29(13-16-31)37(48)43-21-18-26-19-22-45(23-20-26)36(27-8-4-2-5-9-27)28-10-6-3-7-11-28/h2-17,24-26,36H,18-23H2,1H3,(H,43,48). The number of hydrogen-bond donors (Lipinski definition) is 1. The number of methoxy groups -OCH3 is 1. The molecule has 52 heavy (non-hydrogen) atoms. The molecule has 3 amide bonds. The topological polar surface area (TPSA) is 108 Å². The second-order valence-electron chi connectivity index (χ2n) is 12.4. The third-order valence-corrected chi connectivity index (χ3v) is 10.6. The lowest BCUT2D eigenvalue weighted by Crippen LogP contribution is -2.38. The Balaban J connectivity index is 1.07. The molecule has 0 atom stereocenters. The van der Waals surface area contributed by atoms with Crippen molar-refractivity contribution in [1.82, 2.24) is 10.2 Å². The number of thioether (sulfide) groups is 1. The molecule has 0 spiro atoms. The second kappa shape index (κ2) is 17.2. The zero-order valence-electron chi connectivity index (χ0n) is 28.3. The van der Waals surface area contributed by atoms with Gasteiger partial charge >= 0.3 is 5.97 Å². The Bertz CT molecular complexity index is 1960. The van der Waals surface area contributed by atoms with Crippen molar-refractivity contribution in [1.29, 1.82) is 0 Å². The van der Waals surface area contributed by atoms with Crippen LogP contribution >= 0.6 is 35.0 Å². The van der Waals surface area contributed by atoms with E-state index in [0.29, 0.717) is 28.7 Å².